The third-order valence-electron chi connectivity index (χ3n) is 2.98. The van der Waals surface area contributed by atoms with E-state index in [1.54, 1.807) is 19.1 Å². The summed E-state index contributed by atoms with van der Waals surface area (Å²) in [5, 5.41) is 10.3. The minimum atomic E-state index is -0.308. The highest BCUT2D eigenvalue weighted by Gasteiger charge is 2.12. The lowest BCUT2D eigenvalue weighted by atomic mass is 10.1. The molecule has 0 saturated carbocycles. The molecule has 0 bridgehead atoms. The lowest BCUT2D eigenvalue weighted by molar-refractivity contribution is 0.112. The number of benzene rings is 1. The maximum Gasteiger partial charge on any atom is 0.132 e. The monoisotopic (exact) mass is 326 g/mol. The topological polar surface area (TPSA) is 45.1 Å². The average molecular weight is 327 g/mol. The molecule has 134 valence electrons. The molecule has 0 aromatic heterocycles. The molecule has 0 aliphatic carbocycles. The predicted molar refractivity (Wildman–Crippen MR) is 99.2 cm³/mol. The number of hydrogen-bond donors (Lipinski definition) is 2. The summed E-state index contributed by atoms with van der Waals surface area (Å²) >= 11 is 0. The molecular formula is C19H35FN2O. The molecule has 3 nitrogen and oxygen atoms in total. The number of nitrogens with one attached hydrogen (secondary N) is 2. The second-order valence-electron chi connectivity index (χ2n) is 4.80. The average Bonchev–Trinajstić information content (AvgIpc) is 3.05. The molecule has 1 saturated heterocycles. The summed E-state index contributed by atoms with van der Waals surface area (Å²) in [5.74, 6) is -0.308. The highest BCUT2D eigenvalue weighted by molar-refractivity contribution is 5.96. The number of aryl methyl sites for hydroxylation is 1. The van der Waals surface area contributed by atoms with Crippen LogP contribution >= 0.6 is 0 Å². The molecule has 0 amide bonds. The molecule has 23 heavy (non-hydrogen) atoms. The van der Waals surface area contributed by atoms with Gasteiger partial charge in [0, 0.05) is 24.4 Å². The summed E-state index contributed by atoms with van der Waals surface area (Å²) in [6.45, 7) is 13.4. The van der Waals surface area contributed by atoms with Crippen molar-refractivity contribution in [2.45, 2.75) is 60.5 Å². The first-order valence-electron chi connectivity index (χ1n) is 8.62. The number of hydrogen-bond acceptors (Lipinski definition) is 3. The SMILES string of the molecule is CC.CC.CC(=N)c1ccc(C)cc1F.CNCC1CCCO1. The van der Waals surface area contributed by atoms with E-state index in [-0.39, 0.29) is 11.5 Å². The molecule has 2 N–H and O–H groups in total. The third-order valence-corrected chi connectivity index (χ3v) is 2.98. The summed E-state index contributed by atoms with van der Waals surface area (Å²) in [6, 6.07) is 4.87. The van der Waals surface area contributed by atoms with Crippen molar-refractivity contribution >= 4 is 5.71 Å². The lowest BCUT2D eigenvalue weighted by Crippen LogP contribution is -2.22. The molecule has 4 heteroatoms. The number of ether oxygens (including phenoxy) is 1. The van der Waals surface area contributed by atoms with E-state index < -0.39 is 0 Å². The Hall–Kier alpha value is -1.26. The summed E-state index contributed by atoms with van der Waals surface area (Å²) < 4.78 is 18.3. The zero-order valence-corrected chi connectivity index (χ0v) is 15.9. The Labute approximate surface area is 142 Å². The normalized spacial score (nSPS) is 15.2. The van der Waals surface area contributed by atoms with E-state index in [0.717, 1.165) is 18.7 Å². The molecule has 0 spiro atoms. The smallest absolute Gasteiger partial charge is 0.132 e. The summed E-state index contributed by atoms with van der Waals surface area (Å²) in [7, 11) is 1.96. The fraction of sp³-hybridized carbons (Fsp3) is 0.632. The van der Waals surface area contributed by atoms with Crippen molar-refractivity contribution in [1.82, 2.24) is 5.32 Å². The van der Waals surface area contributed by atoms with Crippen molar-refractivity contribution in [1.29, 1.82) is 5.41 Å². The van der Waals surface area contributed by atoms with Gasteiger partial charge in [-0.3, -0.25) is 0 Å². The number of rotatable bonds is 3. The first kappa shape index (κ1) is 24.0. The Morgan fingerprint density at radius 2 is 1.91 bits per heavy atom. The summed E-state index contributed by atoms with van der Waals surface area (Å²) in [5.41, 5.74) is 1.53. The maximum absolute atomic E-state index is 13.0. The zero-order valence-electron chi connectivity index (χ0n) is 15.9. The van der Waals surface area contributed by atoms with Gasteiger partial charge in [0.2, 0.25) is 0 Å². The highest BCUT2D eigenvalue weighted by atomic mass is 19.1. The van der Waals surface area contributed by atoms with Crippen LogP contribution in [0, 0.1) is 18.2 Å². The van der Waals surface area contributed by atoms with Gasteiger partial charge in [-0.1, -0.05) is 33.8 Å². The summed E-state index contributed by atoms with van der Waals surface area (Å²) in [4.78, 5) is 0. The van der Waals surface area contributed by atoms with Gasteiger partial charge >= 0.3 is 0 Å². The Morgan fingerprint density at radius 3 is 2.30 bits per heavy atom. The van der Waals surface area contributed by atoms with Crippen LogP contribution in [0.5, 0.6) is 0 Å². The van der Waals surface area contributed by atoms with Gasteiger partial charge in [0.1, 0.15) is 5.82 Å². The van der Waals surface area contributed by atoms with Gasteiger partial charge in [0.05, 0.1) is 6.10 Å². The summed E-state index contributed by atoms with van der Waals surface area (Å²) in [6.07, 6.45) is 2.98. The molecule has 1 aliphatic rings. The van der Waals surface area contributed by atoms with Gasteiger partial charge in [0.25, 0.3) is 0 Å². The van der Waals surface area contributed by atoms with Crippen molar-refractivity contribution in [3.05, 3.63) is 35.1 Å². The zero-order chi connectivity index (χ0) is 18.3. The molecule has 0 radical (unpaired) electrons. The van der Waals surface area contributed by atoms with Gasteiger partial charge in [-0.2, -0.15) is 0 Å². The van der Waals surface area contributed by atoms with E-state index in [4.69, 9.17) is 10.1 Å². The van der Waals surface area contributed by atoms with Crippen molar-refractivity contribution < 1.29 is 9.13 Å². The fourth-order valence-electron chi connectivity index (χ4n) is 1.96. The van der Waals surface area contributed by atoms with Crippen LogP contribution in [0.25, 0.3) is 0 Å². The second kappa shape index (κ2) is 15.6. The number of likely N-dealkylation sites (N-methyl/N-ethyl adjacent to an activating group) is 1. The Balaban J connectivity index is 0. The van der Waals surface area contributed by atoms with Crippen LogP contribution in [0.2, 0.25) is 0 Å². The molecule has 1 aromatic carbocycles. The van der Waals surface area contributed by atoms with Gasteiger partial charge in [-0.15, -0.1) is 0 Å². The molecule has 1 unspecified atom stereocenters. The van der Waals surface area contributed by atoms with Crippen molar-refractivity contribution in [3.8, 4) is 0 Å². The van der Waals surface area contributed by atoms with Gasteiger partial charge in [-0.05, 0) is 51.4 Å². The van der Waals surface area contributed by atoms with Crippen LogP contribution in [0.1, 0.15) is 58.6 Å². The minimum Gasteiger partial charge on any atom is -0.377 e. The van der Waals surface area contributed by atoms with E-state index in [9.17, 15) is 4.39 Å². The lowest BCUT2D eigenvalue weighted by Gasteiger charge is -2.05. The molecule has 1 atom stereocenters. The Kier molecular flexibility index (Phi) is 16.3. The molecule has 1 aliphatic heterocycles. The second-order valence-corrected chi connectivity index (χ2v) is 4.80. The minimum absolute atomic E-state index is 0.266. The van der Waals surface area contributed by atoms with Crippen LogP contribution in [0.4, 0.5) is 4.39 Å². The molecule has 1 fully saturated rings. The molecule has 1 heterocycles. The van der Waals surface area contributed by atoms with Crippen molar-refractivity contribution in [2.24, 2.45) is 0 Å². The van der Waals surface area contributed by atoms with Crippen LogP contribution in [-0.2, 0) is 4.74 Å². The van der Waals surface area contributed by atoms with E-state index in [1.807, 2.05) is 41.7 Å². The predicted octanol–water partition coefficient (Wildman–Crippen LogP) is 4.96. The first-order valence-corrected chi connectivity index (χ1v) is 8.62. The molecule has 2 rings (SSSR count). The largest absolute Gasteiger partial charge is 0.377 e. The standard InChI is InChI=1S/C9H10FN.C6H13NO.2C2H6/c1-6-3-4-8(7(2)11)9(10)5-6;1-7-5-6-3-2-4-8-6;2*1-2/h3-5,11H,1-2H3;6-7H,2-5H2,1H3;2*1-2H3. The maximum atomic E-state index is 13.0. The molecule has 1 aromatic rings. The van der Waals surface area contributed by atoms with Gasteiger partial charge in [-0.25, -0.2) is 4.39 Å². The van der Waals surface area contributed by atoms with Gasteiger partial charge < -0.3 is 15.5 Å². The van der Waals surface area contributed by atoms with Crippen LogP contribution in [-0.4, -0.2) is 32.0 Å². The van der Waals surface area contributed by atoms with Crippen molar-refractivity contribution in [2.75, 3.05) is 20.2 Å². The highest BCUT2D eigenvalue weighted by Crippen LogP contribution is 2.10. The van der Waals surface area contributed by atoms with Crippen LogP contribution in [0.15, 0.2) is 18.2 Å². The van der Waals surface area contributed by atoms with E-state index >= 15 is 0 Å². The third kappa shape index (κ3) is 11.0. The van der Waals surface area contributed by atoms with E-state index in [1.165, 1.54) is 18.9 Å². The Morgan fingerprint density at radius 1 is 1.30 bits per heavy atom. The van der Waals surface area contributed by atoms with E-state index in [2.05, 4.69) is 5.32 Å². The van der Waals surface area contributed by atoms with Gasteiger partial charge in [0.15, 0.2) is 0 Å². The van der Waals surface area contributed by atoms with Crippen LogP contribution in [0.3, 0.4) is 0 Å². The quantitative estimate of drug-likeness (QED) is 0.771. The van der Waals surface area contributed by atoms with E-state index in [0.29, 0.717) is 11.7 Å². The first-order chi connectivity index (χ1) is 11.0. The Bertz CT molecular complexity index is 416. The fourth-order valence-corrected chi connectivity index (χ4v) is 1.96. The molecular weight excluding hydrogens is 291 g/mol. The van der Waals surface area contributed by atoms with Crippen LogP contribution < -0.4 is 5.32 Å². The van der Waals surface area contributed by atoms with Crippen molar-refractivity contribution in [3.63, 3.8) is 0 Å². The number of halogens is 1.